The van der Waals surface area contributed by atoms with E-state index in [0.717, 1.165) is 15.6 Å². The third-order valence-electron chi connectivity index (χ3n) is 2.74. The predicted molar refractivity (Wildman–Crippen MR) is 74.4 cm³/mol. The third kappa shape index (κ3) is 2.05. The summed E-state index contributed by atoms with van der Waals surface area (Å²) >= 11 is 7.17. The lowest BCUT2D eigenvalue weighted by Gasteiger charge is -2.05. The van der Waals surface area contributed by atoms with E-state index in [1.54, 1.807) is 17.0 Å². The number of rotatable bonds is 2. The van der Waals surface area contributed by atoms with Gasteiger partial charge in [-0.05, 0) is 17.5 Å². The Hall–Kier alpha value is -1.65. The first kappa shape index (κ1) is 11.4. The second kappa shape index (κ2) is 4.55. The van der Waals surface area contributed by atoms with Gasteiger partial charge in [0.05, 0.1) is 6.54 Å². The van der Waals surface area contributed by atoms with Crippen LogP contribution in [0.5, 0.6) is 0 Å². The van der Waals surface area contributed by atoms with Gasteiger partial charge in [0.15, 0.2) is 4.47 Å². The van der Waals surface area contributed by atoms with Crippen molar-refractivity contribution in [2.45, 2.75) is 6.54 Å². The quantitative estimate of drug-likeness (QED) is 0.721. The summed E-state index contributed by atoms with van der Waals surface area (Å²) in [6.07, 6.45) is 3.51. The number of halogens is 1. The molecule has 0 spiro atoms. The average molecular weight is 277 g/mol. The van der Waals surface area contributed by atoms with E-state index in [4.69, 9.17) is 11.6 Å². The Morgan fingerprint density at radius 2 is 2.11 bits per heavy atom. The Morgan fingerprint density at radius 3 is 2.89 bits per heavy atom. The smallest absolute Gasteiger partial charge is 0.258 e. The highest BCUT2D eigenvalue weighted by Crippen LogP contribution is 2.18. The molecule has 5 heteroatoms. The van der Waals surface area contributed by atoms with Gasteiger partial charge in [0.1, 0.15) is 0 Å². The largest absolute Gasteiger partial charge is 0.310 e. The molecule has 2 aromatic heterocycles. The van der Waals surface area contributed by atoms with Crippen LogP contribution < -0.4 is 5.56 Å². The van der Waals surface area contributed by atoms with E-state index in [1.165, 1.54) is 11.3 Å². The van der Waals surface area contributed by atoms with Gasteiger partial charge in [-0.3, -0.25) is 4.79 Å². The molecule has 0 radical (unpaired) electrons. The van der Waals surface area contributed by atoms with E-state index in [9.17, 15) is 4.79 Å². The summed E-state index contributed by atoms with van der Waals surface area (Å²) in [5.41, 5.74) is 0.0117. The van der Waals surface area contributed by atoms with Crippen LogP contribution in [-0.4, -0.2) is 9.55 Å². The van der Waals surface area contributed by atoms with E-state index in [0.29, 0.717) is 11.0 Å². The molecule has 0 saturated carbocycles. The van der Waals surface area contributed by atoms with Crippen LogP contribution in [0.4, 0.5) is 0 Å². The van der Waals surface area contributed by atoms with Crippen LogP contribution in [0.1, 0.15) is 4.88 Å². The molecule has 0 aliphatic carbocycles. The van der Waals surface area contributed by atoms with Crippen molar-refractivity contribution in [2.75, 3.05) is 0 Å². The minimum atomic E-state index is 0.0117. The molecule has 1 aromatic carbocycles. The fourth-order valence-corrected chi connectivity index (χ4v) is 2.86. The molecule has 0 N–H and O–H groups in total. The highest BCUT2D eigenvalue weighted by molar-refractivity contribution is 7.15. The lowest BCUT2D eigenvalue weighted by Crippen LogP contribution is -2.19. The van der Waals surface area contributed by atoms with Gasteiger partial charge in [0.25, 0.3) is 5.56 Å². The first-order chi connectivity index (χ1) is 8.74. The first-order valence-corrected chi connectivity index (χ1v) is 6.62. The van der Waals surface area contributed by atoms with Crippen molar-refractivity contribution in [3.63, 3.8) is 0 Å². The summed E-state index contributed by atoms with van der Waals surface area (Å²) in [6, 6.07) is 9.52. The van der Waals surface area contributed by atoms with Gasteiger partial charge in [-0.2, -0.15) is 0 Å². The summed E-state index contributed by atoms with van der Waals surface area (Å²) in [6.45, 7) is 0.508. The van der Waals surface area contributed by atoms with Crippen LogP contribution in [0.3, 0.4) is 0 Å². The molecule has 0 aliphatic heterocycles. The monoisotopic (exact) mass is 276 g/mol. The molecule has 0 amide bonds. The normalized spacial score (nSPS) is 10.9. The van der Waals surface area contributed by atoms with Gasteiger partial charge in [-0.25, -0.2) is 4.98 Å². The predicted octanol–water partition coefficient (Wildman–Crippen LogP) is 3.16. The van der Waals surface area contributed by atoms with E-state index >= 15 is 0 Å². The zero-order chi connectivity index (χ0) is 12.5. The maximum Gasteiger partial charge on any atom is 0.258 e. The molecule has 2 heterocycles. The van der Waals surface area contributed by atoms with Crippen LogP contribution >= 0.6 is 22.9 Å². The van der Waals surface area contributed by atoms with Crippen molar-refractivity contribution >= 4 is 33.7 Å². The Morgan fingerprint density at radius 1 is 1.28 bits per heavy atom. The first-order valence-electron chi connectivity index (χ1n) is 5.42. The Labute approximate surface area is 112 Å². The second-order valence-electron chi connectivity index (χ2n) is 3.92. The minimum Gasteiger partial charge on any atom is -0.310 e. The molecule has 0 aliphatic rings. The molecular formula is C13H9ClN2OS. The molecular weight excluding hydrogens is 268 g/mol. The number of thiazole rings is 1. The number of fused-ring (bicyclic) bond motifs is 1. The molecule has 0 fully saturated rings. The van der Waals surface area contributed by atoms with Gasteiger partial charge in [0.2, 0.25) is 0 Å². The number of hydrogen-bond acceptors (Lipinski definition) is 3. The van der Waals surface area contributed by atoms with E-state index in [1.807, 2.05) is 30.3 Å². The summed E-state index contributed by atoms with van der Waals surface area (Å²) in [4.78, 5) is 17.2. The second-order valence-corrected chi connectivity index (χ2v) is 5.61. The lowest BCUT2D eigenvalue weighted by atomic mass is 10.2. The lowest BCUT2D eigenvalue weighted by molar-refractivity contribution is 0.777. The number of hydrogen-bond donors (Lipinski definition) is 0. The average Bonchev–Trinajstić information content (AvgIpc) is 2.79. The van der Waals surface area contributed by atoms with E-state index < -0.39 is 0 Å². The van der Waals surface area contributed by atoms with Crippen LogP contribution in [0.25, 0.3) is 10.8 Å². The van der Waals surface area contributed by atoms with E-state index in [2.05, 4.69) is 4.98 Å². The minimum absolute atomic E-state index is 0.0117. The maximum atomic E-state index is 12.3. The molecule has 0 unspecified atom stereocenters. The Kier molecular flexibility index (Phi) is 2.89. The number of benzene rings is 1. The van der Waals surface area contributed by atoms with E-state index in [-0.39, 0.29) is 5.56 Å². The summed E-state index contributed by atoms with van der Waals surface area (Å²) in [7, 11) is 0. The van der Waals surface area contributed by atoms with Crippen molar-refractivity contribution in [3.05, 3.63) is 62.4 Å². The number of aromatic nitrogens is 2. The fraction of sp³-hybridized carbons (Fsp3) is 0.0769. The molecule has 90 valence electrons. The summed E-state index contributed by atoms with van der Waals surface area (Å²) < 4.78 is 2.17. The van der Waals surface area contributed by atoms with Gasteiger partial charge in [0, 0.05) is 22.7 Å². The number of nitrogens with zero attached hydrogens (tertiary/aromatic N) is 2. The number of pyridine rings is 1. The van der Waals surface area contributed by atoms with Crippen LogP contribution in [0, 0.1) is 0 Å². The topological polar surface area (TPSA) is 34.9 Å². The zero-order valence-corrected chi connectivity index (χ0v) is 10.9. The maximum absolute atomic E-state index is 12.3. The van der Waals surface area contributed by atoms with Crippen molar-refractivity contribution in [2.24, 2.45) is 0 Å². The van der Waals surface area contributed by atoms with Crippen LogP contribution in [-0.2, 0) is 6.54 Å². The molecule has 3 rings (SSSR count). The fourth-order valence-electron chi connectivity index (χ4n) is 1.88. The van der Waals surface area contributed by atoms with Crippen LogP contribution in [0.15, 0.2) is 47.5 Å². The highest BCUT2D eigenvalue weighted by Gasteiger charge is 2.05. The van der Waals surface area contributed by atoms with Gasteiger partial charge >= 0.3 is 0 Å². The zero-order valence-electron chi connectivity index (χ0n) is 9.34. The third-order valence-corrected chi connectivity index (χ3v) is 3.84. The van der Waals surface area contributed by atoms with Crippen molar-refractivity contribution < 1.29 is 0 Å². The Bertz CT molecular complexity index is 763. The van der Waals surface area contributed by atoms with Gasteiger partial charge in [-0.1, -0.05) is 29.8 Å². The molecule has 3 aromatic rings. The van der Waals surface area contributed by atoms with Crippen molar-refractivity contribution in [1.82, 2.24) is 9.55 Å². The summed E-state index contributed by atoms with van der Waals surface area (Å²) in [5.74, 6) is 0. The summed E-state index contributed by atoms with van der Waals surface area (Å²) in [5, 5.41) is 1.69. The molecule has 3 nitrogen and oxygen atoms in total. The van der Waals surface area contributed by atoms with Crippen molar-refractivity contribution in [1.29, 1.82) is 0 Å². The molecule has 0 atom stereocenters. The van der Waals surface area contributed by atoms with Gasteiger partial charge in [-0.15, -0.1) is 11.3 Å². The highest BCUT2D eigenvalue weighted by atomic mass is 35.5. The van der Waals surface area contributed by atoms with Crippen molar-refractivity contribution in [3.8, 4) is 0 Å². The molecule has 0 saturated heterocycles. The molecule has 0 bridgehead atoms. The Balaban J connectivity index is 2.08. The van der Waals surface area contributed by atoms with Crippen LogP contribution in [0.2, 0.25) is 4.47 Å². The SMILES string of the molecule is O=c1c2ccccc2ccn1Cc1cnc(Cl)s1. The van der Waals surface area contributed by atoms with Gasteiger partial charge < -0.3 is 4.57 Å². The molecule has 18 heavy (non-hydrogen) atoms. The standard InChI is InChI=1S/C13H9ClN2OS/c14-13-15-7-10(18-13)8-16-6-5-9-3-1-2-4-11(9)12(16)17/h1-7H,8H2.